The third-order valence-electron chi connectivity index (χ3n) is 14.3. The van der Waals surface area contributed by atoms with Gasteiger partial charge in [0.2, 0.25) is 0 Å². The Morgan fingerprint density at radius 1 is 0.875 bits per heavy atom. The van der Waals surface area contributed by atoms with Crippen molar-refractivity contribution in [2.75, 3.05) is 13.7 Å². The molecule has 9 heteroatoms. The Balaban J connectivity index is 1.20. The molecule has 2 unspecified atom stereocenters. The molecule has 5 aliphatic heterocycles. The number of fused-ring (bicyclic) bond motifs is 5. The highest BCUT2D eigenvalue weighted by molar-refractivity contribution is 6.24. The summed E-state index contributed by atoms with van der Waals surface area (Å²) in [6.07, 6.45) is 22.7. The highest BCUT2D eigenvalue weighted by Gasteiger charge is 2.49. The summed E-state index contributed by atoms with van der Waals surface area (Å²) in [5.41, 5.74) is 13.3. The summed E-state index contributed by atoms with van der Waals surface area (Å²) >= 11 is 0. The van der Waals surface area contributed by atoms with Gasteiger partial charge in [-0.05, 0) is 118 Å². The molecule has 5 heterocycles. The number of aliphatic hydroxyl groups excluding tert-OH is 1. The van der Waals surface area contributed by atoms with E-state index < -0.39 is 11.9 Å². The minimum atomic E-state index is -1.08. The summed E-state index contributed by atoms with van der Waals surface area (Å²) in [6, 6.07) is 0. The maximum Gasteiger partial charge on any atom is 0.321 e. The van der Waals surface area contributed by atoms with Crippen LogP contribution in [0, 0.1) is 35.5 Å². The van der Waals surface area contributed by atoms with Crippen LogP contribution in [0.1, 0.15) is 146 Å². The molecule has 5 atom stereocenters. The second-order valence-electron chi connectivity index (χ2n) is 19.5. The molecule has 2 N–H and O–H groups in total. The second kappa shape index (κ2) is 21.3. The highest BCUT2D eigenvalue weighted by atomic mass is 16.5. The van der Waals surface area contributed by atoms with Gasteiger partial charge in [-0.3, -0.25) is 9.59 Å². The van der Waals surface area contributed by atoms with Crippen LogP contribution < -0.4 is 5.32 Å². The van der Waals surface area contributed by atoms with Gasteiger partial charge in [0.1, 0.15) is 18.3 Å². The maximum atomic E-state index is 13.6. The van der Waals surface area contributed by atoms with E-state index in [-0.39, 0.29) is 36.6 Å². The molecule has 0 radical (unpaired) electrons. The molecule has 1 saturated heterocycles. The number of nitrogens with zero attached hydrogens (tertiary/aromatic N) is 3. The van der Waals surface area contributed by atoms with Gasteiger partial charge >= 0.3 is 11.9 Å². The summed E-state index contributed by atoms with van der Waals surface area (Å²) in [4.78, 5) is 42.4. The smallest absolute Gasteiger partial charge is 0.321 e. The van der Waals surface area contributed by atoms with Crippen molar-refractivity contribution >= 4 is 29.1 Å². The zero-order valence-corrected chi connectivity index (χ0v) is 40.7. The molecule has 64 heavy (non-hydrogen) atoms. The van der Waals surface area contributed by atoms with Crippen LogP contribution in [0.5, 0.6) is 0 Å². The van der Waals surface area contributed by atoms with Gasteiger partial charge in [0.15, 0.2) is 0 Å². The van der Waals surface area contributed by atoms with Crippen LogP contribution in [-0.2, 0) is 19.1 Å². The zero-order chi connectivity index (χ0) is 46.4. The van der Waals surface area contributed by atoms with Crippen molar-refractivity contribution in [1.29, 1.82) is 0 Å². The number of methoxy groups -OCH3 is 1. The van der Waals surface area contributed by atoms with Gasteiger partial charge < -0.3 is 19.9 Å². The van der Waals surface area contributed by atoms with E-state index in [1.165, 1.54) is 57.6 Å². The molecule has 8 bridgehead atoms. The minimum absolute atomic E-state index is 0.0838. The van der Waals surface area contributed by atoms with Crippen molar-refractivity contribution in [2.45, 2.75) is 146 Å². The number of nitrogens with one attached hydrogen (secondary N) is 1. The number of hydrogen-bond acceptors (Lipinski definition) is 9. The van der Waals surface area contributed by atoms with Crippen LogP contribution in [0.15, 0.2) is 131 Å². The van der Waals surface area contributed by atoms with E-state index in [0.717, 1.165) is 99.1 Å². The molecule has 9 nitrogen and oxygen atoms in total. The summed E-state index contributed by atoms with van der Waals surface area (Å²) in [5, 5.41) is 15.6. The first-order chi connectivity index (χ1) is 30.6. The largest absolute Gasteiger partial charge is 0.510 e. The molecule has 1 fully saturated rings. The van der Waals surface area contributed by atoms with Crippen molar-refractivity contribution in [1.82, 2.24) is 5.32 Å². The summed E-state index contributed by atoms with van der Waals surface area (Å²) < 4.78 is 11.1. The van der Waals surface area contributed by atoms with Gasteiger partial charge in [0.05, 0.1) is 41.3 Å². The lowest BCUT2D eigenvalue weighted by molar-refractivity contribution is -0.144. The molecular weight excluding hydrogens is 797 g/mol. The van der Waals surface area contributed by atoms with Gasteiger partial charge in [0, 0.05) is 46.4 Å². The Kier molecular flexibility index (Phi) is 16.1. The maximum absolute atomic E-state index is 13.6. The number of allylic oxidation sites excluding steroid dienone is 12. The van der Waals surface area contributed by atoms with Crippen LogP contribution in [0.2, 0.25) is 0 Å². The van der Waals surface area contributed by atoms with Crippen molar-refractivity contribution in [3.8, 4) is 0 Å². The molecule has 0 spiro atoms. The van der Waals surface area contributed by atoms with Crippen molar-refractivity contribution in [3.05, 3.63) is 116 Å². The lowest BCUT2D eigenvalue weighted by Gasteiger charge is -2.20. The van der Waals surface area contributed by atoms with Gasteiger partial charge in [-0.2, -0.15) is 0 Å². The predicted molar refractivity (Wildman–Crippen MR) is 262 cm³/mol. The van der Waals surface area contributed by atoms with Crippen molar-refractivity contribution in [3.63, 3.8) is 0 Å². The fraction of sp³-hybridized carbons (Fsp3) is 0.545. The zero-order valence-electron chi connectivity index (χ0n) is 40.7. The number of ether oxygens (including phenoxy) is 2. The summed E-state index contributed by atoms with van der Waals surface area (Å²) in [6.45, 7) is 26.2. The first-order valence-electron chi connectivity index (χ1n) is 24.1. The Bertz CT molecular complexity index is 2300. The van der Waals surface area contributed by atoms with Gasteiger partial charge in [-0.1, -0.05) is 105 Å². The van der Waals surface area contributed by atoms with Crippen molar-refractivity contribution in [2.24, 2.45) is 50.5 Å². The van der Waals surface area contributed by atoms with E-state index in [0.29, 0.717) is 29.0 Å². The summed E-state index contributed by atoms with van der Waals surface area (Å²) in [5.74, 6) is -0.0182. The van der Waals surface area contributed by atoms with E-state index >= 15 is 0 Å². The number of rotatable bonds is 20. The topological polar surface area (TPSA) is 122 Å². The van der Waals surface area contributed by atoms with E-state index in [2.05, 4.69) is 73.4 Å². The Morgan fingerprint density at radius 3 is 2.19 bits per heavy atom. The molecule has 1 aliphatic carbocycles. The van der Waals surface area contributed by atoms with Crippen LogP contribution in [0.3, 0.4) is 0 Å². The van der Waals surface area contributed by atoms with Crippen LogP contribution in [0.4, 0.5) is 0 Å². The number of esters is 2. The molecule has 0 aromatic heterocycles. The lowest BCUT2D eigenvalue weighted by atomic mass is 9.84. The number of aliphatic hydroxyl groups is 1. The third-order valence-corrected chi connectivity index (χ3v) is 14.3. The highest BCUT2D eigenvalue weighted by Crippen LogP contribution is 2.49. The number of aliphatic imine (C=N–C) groups is 3. The van der Waals surface area contributed by atoms with Gasteiger partial charge in [-0.25, -0.2) is 15.0 Å². The molecule has 6 aliphatic rings. The molecule has 0 aromatic carbocycles. The predicted octanol–water partition coefficient (Wildman–Crippen LogP) is 13.0. The minimum Gasteiger partial charge on any atom is -0.510 e. The van der Waals surface area contributed by atoms with E-state index in [9.17, 15) is 14.7 Å². The Morgan fingerprint density at radius 2 is 1.53 bits per heavy atom. The fourth-order valence-electron chi connectivity index (χ4n) is 10.2. The average molecular weight is 871 g/mol. The van der Waals surface area contributed by atoms with Crippen LogP contribution >= 0.6 is 0 Å². The van der Waals surface area contributed by atoms with E-state index in [1.54, 1.807) is 0 Å². The standard InChI is InChI=1S/C55H74N4O5/c1-13-39-35(8)42-28-44-37(10)41(24-25-48(60)64-27-26-34(7)23-17-22-33(6)21-16-20-32(5)19-15-18-31(3)4)52(58-44)50-51(55(62)63-12)54(61)49-38(11)45(59-53(49)50)30-47-40(14-2)36(9)43(57-47)29-46(39)56-42/h13,26,28-33,37,41,51,58,61H,1,14-25,27H2,2-12H3/b34-26-,44-28?,46-29?,47-30?,52-50?/t32?,33?,37-,41-,51+/m0/s1. The molecular formula is C55H74N4O5. The van der Waals surface area contributed by atoms with Gasteiger partial charge in [0.25, 0.3) is 0 Å². The first-order valence-corrected chi connectivity index (χ1v) is 24.1. The quantitative estimate of drug-likeness (QED) is 0.0928. The van der Waals surface area contributed by atoms with Crippen LogP contribution in [-0.4, -0.2) is 47.9 Å². The van der Waals surface area contributed by atoms with Gasteiger partial charge in [-0.15, -0.1) is 0 Å². The number of carbonyl (C=O) groups is 2. The monoisotopic (exact) mass is 871 g/mol. The average Bonchev–Trinajstić information content (AvgIpc) is 3.99. The number of hydrogen-bond donors (Lipinski definition) is 2. The molecule has 0 aromatic rings. The fourth-order valence-corrected chi connectivity index (χ4v) is 10.2. The second-order valence-corrected chi connectivity index (χ2v) is 19.5. The third kappa shape index (κ3) is 10.6. The number of carbonyl (C=O) groups excluding carboxylic acids is 2. The summed E-state index contributed by atoms with van der Waals surface area (Å²) in [7, 11) is 1.33. The Hall–Kier alpha value is -5.05. The SMILES string of the molecule is C=CC1=C(C)C2=NC1=CC1=NC(=CC3=C(C)C4=C(O)[C@H](C(=O)OC)C(=C5NC(=C2)[C@@H](C)[C@@H]5CCC(=O)OC/C=C(/C)CCCC(C)CCCC(C)CCCC(C)C)C4=N3)C(CC)=C1C. The molecule has 0 saturated carbocycles. The molecule has 6 rings (SSSR count). The Labute approximate surface area is 383 Å². The van der Waals surface area contributed by atoms with E-state index in [4.69, 9.17) is 24.5 Å². The molecule has 344 valence electrons. The lowest BCUT2D eigenvalue weighted by Crippen LogP contribution is -2.25. The van der Waals surface area contributed by atoms with Crippen molar-refractivity contribution < 1.29 is 24.2 Å². The molecule has 0 amide bonds. The normalized spacial score (nSPS) is 22.8. The first kappa shape index (κ1) is 48.4. The van der Waals surface area contributed by atoms with Crippen LogP contribution in [0.25, 0.3) is 0 Å². The van der Waals surface area contributed by atoms with E-state index in [1.807, 2.05) is 38.2 Å².